The maximum atomic E-state index is 11.5. The highest BCUT2D eigenvalue weighted by atomic mass is 16.5. The molecule has 0 aliphatic carbocycles. The highest BCUT2D eigenvalue weighted by Gasteiger charge is 2.29. The van der Waals surface area contributed by atoms with Crippen molar-refractivity contribution in [2.75, 3.05) is 51.4 Å². The van der Waals surface area contributed by atoms with E-state index in [1.807, 2.05) is 0 Å². The van der Waals surface area contributed by atoms with Gasteiger partial charge in [0.2, 0.25) is 0 Å². The highest BCUT2D eigenvalue weighted by molar-refractivity contribution is 5.87. The van der Waals surface area contributed by atoms with Gasteiger partial charge in [-0.1, -0.05) is 0 Å². The fourth-order valence-corrected chi connectivity index (χ4v) is 2.90. The van der Waals surface area contributed by atoms with Gasteiger partial charge >= 0.3 is 5.97 Å². The third-order valence-electron chi connectivity index (χ3n) is 4.07. The van der Waals surface area contributed by atoms with Gasteiger partial charge in [0.1, 0.15) is 5.82 Å². The Morgan fingerprint density at radius 1 is 1.33 bits per heavy atom. The molecule has 21 heavy (non-hydrogen) atoms. The number of methoxy groups -OCH3 is 1. The van der Waals surface area contributed by atoms with Crippen molar-refractivity contribution in [1.29, 1.82) is 0 Å². The zero-order valence-corrected chi connectivity index (χ0v) is 12.2. The van der Waals surface area contributed by atoms with Crippen LogP contribution in [0.4, 0.5) is 5.82 Å². The molecule has 114 valence electrons. The van der Waals surface area contributed by atoms with Crippen molar-refractivity contribution in [3.8, 4) is 0 Å². The lowest BCUT2D eigenvalue weighted by Crippen LogP contribution is -2.44. The summed E-state index contributed by atoms with van der Waals surface area (Å²) in [5.74, 6) is 0.293. The number of carbonyl (C=O) groups is 1. The summed E-state index contributed by atoms with van der Waals surface area (Å²) in [6, 6.07) is 0.525. The van der Waals surface area contributed by atoms with Gasteiger partial charge in [-0.15, -0.1) is 0 Å². The van der Waals surface area contributed by atoms with E-state index in [0.29, 0.717) is 6.04 Å². The van der Waals surface area contributed by atoms with E-state index < -0.39 is 5.97 Å². The van der Waals surface area contributed by atoms with Crippen molar-refractivity contribution in [2.45, 2.75) is 12.5 Å². The second-order valence-electron chi connectivity index (χ2n) is 5.29. The summed E-state index contributed by atoms with van der Waals surface area (Å²) in [5.41, 5.74) is 0.254. The second-order valence-corrected chi connectivity index (χ2v) is 5.29. The van der Waals surface area contributed by atoms with Crippen molar-refractivity contribution < 1.29 is 14.3 Å². The fourth-order valence-electron chi connectivity index (χ4n) is 2.90. The Labute approximate surface area is 123 Å². The van der Waals surface area contributed by atoms with Crippen LogP contribution in [0.25, 0.3) is 0 Å². The monoisotopic (exact) mass is 292 g/mol. The van der Waals surface area contributed by atoms with Gasteiger partial charge in [0.15, 0.2) is 5.69 Å². The van der Waals surface area contributed by atoms with Crippen LogP contribution in [-0.2, 0) is 9.47 Å². The average Bonchev–Trinajstić information content (AvgIpc) is 3.05. The number of hydrogen-bond acceptors (Lipinski definition) is 7. The molecule has 3 heterocycles. The van der Waals surface area contributed by atoms with Crippen LogP contribution in [0.2, 0.25) is 0 Å². The van der Waals surface area contributed by atoms with Gasteiger partial charge in [0.25, 0.3) is 0 Å². The molecule has 3 rings (SSSR count). The molecule has 0 radical (unpaired) electrons. The van der Waals surface area contributed by atoms with Crippen molar-refractivity contribution in [3.63, 3.8) is 0 Å². The van der Waals surface area contributed by atoms with Gasteiger partial charge in [-0.05, 0) is 6.42 Å². The van der Waals surface area contributed by atoms with E-state index in [4.69, 9.17) is 4.74 Å². The molecule has 7 nitrogen and oxygen atoms in total. The van der Waals surface area contributed by atoms with E-state index in [0.717, 1.165) is 51.6 Å². The first-order valence-electron chi connectivity index (χ1n) is 7.25. The molecule has 0 saturated carbocycles. The zero-order chi connectivity index (χ0) is 14.7. The fraction of sp³-hybridized carbons (Fsp3) is 0.643. The minimum Gasteiger partial charge on any atom is -0.464 e. The minimum absolute atomic E-state index is 0.254. The molecule has 2 aliphatic rings. The summed E-state index contributed by atoms with van der Waals surface area (Å²) in [5, 5.41) is 0. The van der Waals surface area contributed by atoms with E-state index in [2.05, 4.69) is 24.5 Å². The van der Waals surface area contributed by atoms with E-state index in [-0.39, 0.29) is 5.69 Å². The summed E-state index contributed by atoms with van der Waals surface area (Å²) in [6.45, 7) is 5.46. The molecule has 1 unspecified atom stereocenters. The van der Waals surface area contributed by atoms with Gasteiger partial charge in [0, 0.05) is 32.2 Å². The van der Waals surface area contributed by atoms with Crippen molar-refractivity contribution in [2.24, 2.45) is 0 Å². The summed E-state index contributed by atoms with van der Waals surface area (Å²) in [4.78, 5) is 24.6. The van der Waals surface area contributed by atoms with Crippen LogP contribution in [-0.4, -0.2) is 73.4 Å². The summed E-state index contributed by atoms with van der Waals surface area (Å²) < 4.78 is 10.1. The number of rotatable bonds is 3. The Balaban J connectivity index is 1.66. The van der Waals surface area contributed by atoms with E-state index >= 15 is 0 Å². The first-order valence-corrected chi connectivity index (χ1v) is 7.25. The standard InChI is InChI=1S/C14H20N4O3/c1-20-14(19)12-8-15-9-13(16-12)18-3-2-11(10-18)17-4-6-21-7-5-17/h8-9,11H,2-7,10H2,1H3. The van der Waals surface area contributed by atoms with Crippen LogP contribution < -0.4 is 4.90 Å². The topological polar surface area (TPSA) is 67.8 Å². The lowest BCUT2D eigenvalue weighted by molar-refractivity contribution is 0.0209. The molecule has 1 aromatic rings. The predicted octanol–water partition coefficient (Wildman–Crippen LogP) is 0.174. The Kier molecular flexibility index (Phi) is 4.31. The summed E-state index contributed by atoms with van der Waals surface area (Å²) in [6.07, 6.45) is 4.24. The number of esters is 1. The molecule has 2 fully saturated rings. The number of nitrogens with zero attached hydrogens (tertiary/aromatic N) is 4. The lowest BCUT2D eigenvalue weighted by atomic mass is 10.2. The second kappa shape index (κ2) is 6.36. The van der Waals surface area contributed by atoms with E-state index in [1.165, 1.54) is 13.3 Å². The number of morpholine rings is 1. The van der Waals surface area contributed by atoms with E-state index in [1.54, 1.807) is 6.20 Å². The van der Waals surface area contributed by atoms with Gasteiger partial charge in [-0.25, -0.2) is 9.78 Å². The van der Waals surface area contributed by atoms with Crippen molar-refractivity contribution >= 4 is 11.8 Å². The summed E-state index contributed by atoms with van der Waals surface area (Å²) >= 11 is 0. The predicted molar refractivity (Wildman–Crippen MR) is 76.4 cm³/mol. The normalized spacial score (nSPS) is 23.3. The minimum atomic E-state index is -0.451. The van der Waals surface area contributed by atoms with Crippen molar-refractivity contribution in [3.05, 3.63) is 18.1 Å². The maximum absolute atomic E-state index is 11.5. The summed E-state index contributed by atoms with van der Waals surface area (Å²) in [7, 11) is 1.35. The third kappa shape index (κ3) is 3.14. The smallest absolute Gasteiger partial charge is 0.358 e. The molecule has 0 bridgehead atoms. The molecule has 1 atom stereocenters. The molecule has 0 aromatic carbocycles. The Morgan fingerprint density at radius 2 is 2.14 bits per heavy atom. The number of hydrogen-bond donors (Lipinski definition) is 0. The van der Waals surface area contributed by atoms with Crippen molar-refractivity contribution in [1.82, 2.24) is 14.9 Å². The number of anilines is 1. The largest absolute Gasteiger partial charge is 0.464 e. The number of carbonyl (C=O) groups excluding carboxylic acids is 1. The lowest BCUT2D eigenvalue weighted by Gasteiger charge is -2.32. The molecule has 1 aromatic heterocycles. The van der Waals surface area contributed by atoms with Crippen LogP contribution in [0.5, 0.6) is 0 Å². The number of aromatic nitrogens is 2. The van der Waals surface area contributed by atoms with Gasteiger partial charge in [0.05, 0.1) is 32.7 Å². The molecule has 7 heteroatoms. The quantitative estimate of drug-likeness (QED) is 0.736. The highest BCUT2D eigenvalue weighted by Crippen LogP contribution is 2.21. The molecule has 0 N–H and O–H groups in total. The molecule has 0 spiro atoms. The molecule has 2 aliphatic heterocycles. The SMILES string of the molecule is COC(=O)c1cncc(N2CCC(N3CCOCC3)C2)n1. The first-order chi connectivity index (χ1) is 10.3. The molecule has 2 saturated heterocycles. The van der Waals surface area contributed by atoms with E-state index in [9.17, 15) is 4.79 Å². The van der Waals surface area contributed by atoms with Crippen LogP contribution in [0.1, 0.15) is 16.9 Å². The zero-order valence-electron chi connectivity index (χ0n) is 12.2. The van der Waals surface area contributed by atoms with Crippen LogP contribution >= 0.6 is 0 Å². The maximum Gasteiger partial charge on any atom is 0.358 e. The molecular weight excluding hydrogens is 272 g/mol. The Hall–Kier alpha value is -1.73. The Morgan fingerprint density at radius 3 is 2.90 bits per heavy atom. The van der Waals surface area contributed by atoms with Gasteiger partial charge in [-0.2, -0.15) is 0 Å². The third-order valence-corrected chi connectivity index (χ3v) is 4.07. The van der Waals surface area contributed by atoms with Gasteiger partial charge < -0.3 is 14.4 Å². The molecule has 0 amide bonds. The molecular formula is C14H20N4O3. The van der Waals surface area contributed by atoms with Crippen LogP contribution in [0.3, 0.4) is 0 Å². The first kappa shape index (κ1) is 14.2. The average molecular weight is 292 g/mol. The van der Waals surface area contributed by atoms with Crippen LogP contribution in [0.15, 0.2) is 12.4 Å². The van der Waals surface area contributed by atoms with Crippen LogP contribution in [0, 0.1) is 0 Å². The Bertz CT molecular complexity index is 505. The van der Waals surface area contributed by atoms with Gasteiger partial charge in [-0.3, -0.25) is 9.88 Å². The number of ether oxygens (including phenoxy) is 2.